The lowest BCUT2D eigenvalue weighted by molar-refractivity contribution is 0.278. The molecule has 0 bridgehead atoms. The molecule has 104 valence electrons. The molecule has 0 unspecified atom stereocenters. The van der Waals surface area contributed by atoms with E-state index in [1.54, 1.807) is 6.20 Å². The summed E-state index contributed by atoms with van der Waals surface area (Å²) < 4.78 is 0. The predicted octanol–water partition coefficient (Wildman–Crippen LogP) is 3.05. The molecule has 0 spiro atoms. The Morgan fingerprint density at radius 2 is 2.11 bits per heavy atom. The maximum Gasteiger partial charge on any atom is 0.0970 e. The third-order valence-electron chi connectivity index (χ3n) is 2.99. The lowest BCUT2D eigenvalue weighted by Gasteiger charge is -2.20. The number of hydrogen-bond donors (Lipinski definition) is 1. The Hall–Kier alpha value is -1.61. The first-order valence-electron chi connectivity index (χ1n) is 6.91. The lowest BCUT2D eigenvalue weighted by atomic mass is 10.2. The molecule has 19 heavy (non-hydrogen) atoms. The van der Waals surface area contributed by atoms with E-state index in [1.807, 2.05) is 6.92 Å². The van der Waals surface area contributed by atoms with Crippen molar-refractivity contribution < 1.29 is 0 Å². The van der Waals surface area contributed by atoms with Crippen molar-refractivity contribution in [2.75, 3.05) is 19.6 Å². The number of rotatable bonds is 8. The van der Waals surface area contributed by atoms with Crippen molar-refractivity contribution in [3.63, 3.8) is 0 Å². The quantitative estimate of drug-likeness (QED) is 0.441. The van der Waals surface area contributed by atoms with E-state index >= 15 is 0 Å². The van der Waals surface area contributed by atoms with Crippen LogP contribution in [0.15, 0.2) is 48.1 Å². The summed E-state index contributed by atoms with van der Waals surface area (Å²) in [6, 6.07) is 10.6. The number of nitrogens with one attached hydrogen (secondary N) is 1. The summed E-state index contributed by atoms with van der Waals surface area (Å²) in [5.74, 6) is 0.932. The van der Waals surface area contributed by atoms with Gasteiger partial charge >= 0.3 is 0 Å². The number of hydrogen-bond acceptors (Lipinski definition) is 2. The van der Waals surface area contributed by atoms with Gasteiger partial charge in [0.15, 0.2) is 0 Å². The molecule has 0 aliphatic carbocycles. The highest BCUT2D eigenvalue weighted by Gasteiger charge is 2.02. The fourth-order valence-electron chi connectivity index (χ4n) is 1.93. The molecule has 0 saturated heterocycles. The van der Waals surface area contributed by atoms with Gasteiger partial charge in [0.2, 0.25) is 0 Å². The van der Waals surface area contributed by atoms with Crippen molar-refractivity contribution in [1.29, 1.82) is 0 Å². The largest absolute Gasteiger partial charge is 0.351 e. The molecule has 0 radical (unpaired) electrons. The molecule has 0 aliphatic rings. The Kier molecular flexibility index (Phi) is 7.59. The number of benzene rings is 1. The van der Waals surface area contributed by atoms with Gasteiger partial charge in [-0.2, -0.15) is 0 Å². The van der Waals surface area contributed by atoms with Crippen molar-refractivity contribution >= 4 is 5.84 Å². The van der Waals surface area contributed by atoms with Crippen LogP contribution >= 0.6 is 0 Å². The van der Waals surface area contributed by atoms with Crippen LogP contribution < -0.4 is 5.32 Å². The summed E-state index contributed by atoms with van der Waals surface area (Å²) in [6.07, 6.45) is 2.74. The van der Waals surface area contributed by atoms with E-state index in [9.17, 15) is 0 Å². The van der Waals surface area contributed by atoms with Gasteiger partial charge in [-0.05, 0) is 31.7 Å². The average Bonchev–Trinajstić information content (AvgIpc) is 2.43. The normalized spacial score (nSPS) is 11.6. The van der Waals surface area contributed by atoms with E-state index in [2.05, 4.69) is 59.0 Å². The highest BCUT2D eigenvalue weighted by atomic mass is 15.1. The van der Waals surface area contributed by atoms with Crippen LogP contribution in [0.4, 0.5) is 0 Å². The highest BCUT2D eigenvalue weighted by molar-refractivity contribution is 5.80. The lowest BCUT2D eigenvalue weighted by Crippen LogP contribution is -2.24. The third-order valence-corrected chi connectivity index (χ3v) is 2.99. The summed E-state index contributed by atoms with van der Waals surface area (Å²) in [7, 11) is 0. The van der Waals surface area contributed by atoms with Gasteiger partial charge < -0.3 is 5.32 Å². The van der Waals surface area contributed by atoms with Crippen LogP contribution in [-0.2, 0) is 6.54 Å². The van der Waals surface area contributed by atoms with Crippen LogP contribution in [0.3, 0.4) is 0 Å². The average molecular weight is 259 g/mol. The van der Waals surface area contributed by atoms with Crippen LogP contribution in [0.5, 0.6) is 0 Å². The monoisotopic (exact) mass is 259 g/mol. The molecular weight excluding hydrogens is 234 g/mol. The zero-order valence-corrected chi connectivity index (χ0v) is 12.1. The van der Waals surface area contributed by atoms with Gasteiger partial charge in [0.1, 0.15) is 0 Å². The molecule has 1 aromatic rings. The SMILES string of the molecule is C=CNC(C)=NCCCN(CC)Cc1ccccc1. The minimum absolute atomic E-state index is 0.859. The van der Waals surface area contributed by atoms with Gasteiger partial charge in [0.05, 0.1) is 5.84 Å². The highest BCUT2D eigenvalue weighted by Crippen LogP contribution is 2.04. The number of nitrogens with zero attached hydrogens (tertiary/aromatic N) is 2. The number of aliphatic imine (C=N–C) groups is 1. The van der Waals surface area contributed by atoms with Crippen LogP contribution in [-0.4, -0.2) is 30.4 Å². The molecule has 0 saturated carbocycles. The van der Waals surface area contributed by atoms with E-state index in [1.165, 1.54) is 5.56 Å². The molecule has 3 nitrogen and oxygen atoms in total. The Balaban J connectivity index is 2.29. The van der Waals surface area contributed by atoms with Crippen LogP contribution in [0.1, 0.15) is 25.8 Å². The number of amidine groups is 1. The molecule has 0 amide bonds. The molecule has 0 fully saturated rings. The van der Waals surface area contributed by atoms with E-state index in [0.29, 0.717) is 0 Å². The topological polar surface area (TPSA) is 27.6 Å². The second kappa shape index (κ2) is 9.34. The van der Waals surface area contributed by atoms with Gasteiger partial charge in [-0.15, -0.1) is 0 Å². The second-order valence-corrected chi connectivity index (χ2v) is 4.52. The zero-order chi connectivity index (χ0) is 13.9. The molecule has 1 aromatic carbocycles. The minimum atomic E-state index is 0.859. The zero-order valence-electron chi connectivity index (χ0n) is 12.1. The molecule has 0 atom stereocenters. The maximum absolute atomic E-state index is 4.43. The molecule has 3 heteroatoms. The molecule has 1 rings (SSSR count). The van der Waals surface area contributed by atoms with Gasteiger partial charge in [-0.1, -0.05) is 43.8 Å². The summed E-state index contributed by atoms with van der Waals surface area (Å²) in [5, 5.41) is 2.99. The molecule has 1 N–H and O–H groups in total. The van der Waals surface area contributed by atoms with Crippen molar-refractivity contribution in [2.24, 2.45) is 4.99 Å². The molecule has 0 heterocycles. The second-order valence-electron chi connectivity index (χ2n) is 4.52. The Labute approximate surface area is 117 Å². The van der Waals surface area contributed by atoms with E-state index < -0.39 is 0 Å². The standard InChI is InChI=1S/C16H25N3/c1-4-17-15(3)18-12-9-13-19(5-2)14-16-10-7-6-8-11-16/h4,6-8,10-11H,1,5,9,12-14H2,2-3H3,(H,17,18). The van der Waals surface area contributed by atoms with E-state index in [0.717, 1.165) is 38.4 Å². The first kappa shape index (κ1) is 15.4. The fourth-order valence-corrected chi connectivity index (χ4v) is 1.93. The molecule has 0 aromatic heterocycles. The van der Waals surface area contributed by atoms with Gasteiger partial charge in [0, 0.05) is 19.6 Å². The maximum atomic E-state index is 4.43. The Morgan fingerprint density at radius 1 is 1.37 bits per heavy atom. The summed E-state index contributed by atoms with van der Waals surface area (Å²) in [6.45, 7) is 11.8. The van der Waals surface area contributed by atoms with Crippen molar-refractivity contribution in [2.45, 2.75) is 26.8 Å². The van der Waals surface area contributed by atoms with Gasteiger partial charge in [0.25, 0.3) is 0 Å². The Morgan fingerprint density at radius 3 is 2.74 bits per heavy atom. The fraction of sp³-hybridized carbons (Fsp3) is 0.438. The predicted molar refractivity (Wildman–Crippen MR) is 83.3 cm³/mol. The third kappa shape index (κ3) is 6.77. The van der Waals surface area contributed by atoms with Crippen molar-refractivity contribution in [1.82, 2.24) is 10.2 Å². The summed E-state index contributed by atoms with van der Waals surface area (Å²) in [4.78, 5) is 6.88. The van der Waals surface area contributed by atoms with Gasteiger partial charge in [-0.25, -0.2) is 0 Å². The van der Waals surface area contributed by atoms with Crippen LogP contribution in [0.25, 0.3) is 0 Å². The van der Waals surface area contributed by atoms with Crippen LogP contribution in [0.2, 0.25) is 0 Å². The summed E-state index contributed by atoms with van der Waals surface area (Å²) >= 11 is 0. The van der Waals surface area contributed by atoms with Crippen molar-refractivity contribution in [3.8, 4) is 0 Å². The smallest absolute Gasteiger partial charge is 0.0970 e. The van der Waals surface area contributed by atoms with Crippen LogP contribution in [0, 0.1) is 0 Å². The molecular formula is C16H25N3. The molecule has 0 aliphatic heterocycles. The van der Waals surface area contributed by atoms with E-state index in [4.69, 9.17) is 0 Å². The van der Waals surface area contributed by atoms with Crippen molar-refractivity contribution in [3.05, 3.63) is 48.7 Å². The minimum Gasteiger partial charge on any atom is -0.351 e. The van der Waals surface area contributed by atoms with E-state index in [-0.39, 0.29) is 0 Å². The summed E-state index contributed by atoms with van der Waals surface area (Å²) in [5.41, 5.74) is 1.37. The first-order valence-corrected chi connectivity index (χ1v) is 6.91. The van der Waals surface area contributed by atoms with Gasteiger partial charge in [-0.3, -0.25) is 9.89 Å². The first-order chi connectivity index (χ1) is 9.26. The Bertz CT molecular complexity index is 384.